The minimum absolute atomic E-state index is 0.0523. The lowest BCUT2D eigenvalue weighted by Crippen LogP contribution is -2.53. The van der Waals surface area contributed by atoms with Crippen LogP contribution in [0.4, 0.5) is 8.78 Å². The molecule has 1 amide bonds. The van der Waals surface area contributed by atoms with E-state index in [1.54, 1.807) is 12.1 Å². The van der Waals surface area contributed by atoms with Gasteiger partial charge in [0.15, 0.2) is 0 Å². The number of nitrogens with two attached hydrogens (primary N) is 1. The zero-order chi connectivity index (χ0) is 16.7. The van der Waals surface area contributed by atoms with Gasteiger partial charge in [0, 0.05) is 24.9 Å². The molecule has 23 heavy (non-hydrogen) atoms. The zero-order valence-electron chi connectivity index (χ0n) is 13.6. The highest BCUT2D eigenvalue weighted by Crippen LogP contribution is 2.58. The number of carbonyl (C=O) groups is 1. The summed E-state index contributed by atoms with van der Waals surface area (Å²) in [6.45, 7) is 4.40. The van der Waals surface area contributed by atoms with E-state index < -0.39 is 17.0 Å². The lowest BCUT2D eigenvalue weighted by atomic mass is 9.56. The van der Waals surface area contributed by atoms with Gasteiger partial charge in [0.05, 0.1) is 5.41 Å². The van der Waals surface area contributed by atoms with Gasteiger partial charge < -0.3 is 5.73 Å². The van der Waals surface area contributed by atoms with Crippen LogP contribution in [0.15, 0.2) is 18.2 Å². The lowest BCUT2D eigenvalue weighted by molar-refractivity contribution is -0.148. The Morgan fingerprint density at radius 2 is 1.96 bits per heavy atom. The van der Waals surface area contributed by atoms with Gasteiger partial charge in [-0.3, -0.25) is 9.69 Å². The molecule has 1 saturated heterocycles. The number of rotatable bonds is 5. The Kier molecular flexibility index (Phi) is 4.17. The standard InChI is InChI=1S/C18H24F2N2O/c1-2-17(16(21)23)11-18(20,12-17)14-6-5-13(15(19)9-14)10-22-7-3-4-8-22/h5-6,9H,2-4,7-8,10-12H2,1H3,(H2,21,23). The van der Waals surface area contributed by atoms with Gasteiger partial charge in [0.2, 0.25) is 5.91 Å². The van der Waals surface area contributed by atoms with Gasteiger partial charge in [-0.1, -0.05) is 19.1 Å². The summed E-state index contributed by atoms with van der Waals surface area (Å²) in [4.78, 5) is 13.8. The second-order valence-electron chi connectivity index (χ2n) is 7.11. The molecule has 1 aliphatic carbocycles. The van der Waals surface area contributed by atoms with Crippen molar-refractivity contribution < 1.29 is 13.6 Å². The third kappa shape index (κ3) is 2.87. The molecule has 0 bridgehead atoms. The van der Waals surface area contributed by atoms with E-state index in [0.717, 1.165) is 25.9 Å². The van der Waals surface area contributed by atoms with Crippen LogP contribution in [-0.4, -0.2) is 23.9 Å². The van der Waals surface area contributed by atoms with E-state index in [2.05, 4.69) is 4.90 Å². The van der Waals surface area contributed by atoms with E-state index in [-0.39, 0.29) is 18.7 Å². The first-order valence-corrected chi connectivity index (χ1v) is 8.39. The van der Waals surface area contributed by atoms with Crippen LogP contribution in [0.3, 0.4) is 0 Å². The van der Waals surface area contributed by atoms with E-state index in [1.165, 1.54) is 6.07 Å². The Balaban J connectivity index is 1.74. The minimum Gasteiger partial charge on any atom is -0.369 e. The van der Waals surface area contributed by atoms with Crippen molar-refractivity contribution in [1.82, 2.24) is 4.90 Å². The van der Waals surface area contributed by atoms with Crippen LogP contribution in [0.25, 0.3) is 0 Å². The SMILES string of the molecule is CCC1(C(N)=O)CC(F)(c2ccc(CN3CCCC3)c(F)c2)C1. The quantitative estimate of drug-likeness (QED) is 0.904. The van der Waals surface area contributed by atoms with Crippen LogP contribution in [-0.2, 0) is 17.0 Å². The number of amides is 1. The summed E-state index contributed by atoms with van der Waals surface area (Å²) in [6.07, 6.45) is 2.93. The van der Waals surface area contributed by atoms with Gasteiger partial charge in [-0.05, 0) is 44.0 Å². The molecule has 1 saturated carbocycles. The molecule has 1 aromatic rings. The van der Waals surface area contributed by atoms with E-state index in [4.69, 9.17) is 5.73 Å². The molecule has 0 atom stereocenters. The first-order chi connectivity index (χ1) is 10.9. The average molecular weight is 322 g/mol. The third-order valence-corrected chi connectivity index (χ3v) is 5.60. The molecule has 2 aliphatic rings. The molecule has 3 nitrogen and oxygen atoms in total. The van der Waals surface area contributed by atoms with Crippen LogP contribution in [0.1, 0.15) is 50.2 Å². The molecule has 0 spiro atoms. The van der Waals surface area contributed by atoms with Crippen molar-refractivity contribution in [2.24, 2.45) is 11.1 Å². The van der Waals surface area contributed by atoms with Gasteiger partial charge in [-0.25, -0.2) is 8.78 Å². The highest BCUT2D eigenvalue weighted by Gasteiger charge is 2.58. The largest absolute Gasteiger partial charge is 0.369 e. The van der Waals surface area contributed by atoms with Gasteiger partial charge >= 0.3 is 0 Å². The van der Waals surface area contributed by atoms with E-state index in [1.807, 2.05) is 6.92 Å². The number of alkyl halides is 1. The normalized spacial score (nSPS) is 31.1. The topological polar surface area (TPSA) is 46.3 Å². The van der Waals surface area contributed by atoms with Gasteiger partial charge in [0.1, 0.15) is 11.5 Å². The van der Waals surface area contributed by atoms with Gasteiger partial charge in [0.25, 0.3) is 0 Å². The van der Waals surface area contributed by atoms with Crippen molar-refractivity contribution in [3.8, 4) is 0 Å². The fraction of sp³-hybridized carbons (Fsp3) is 0.611. The number of hydrogen-bond donors (Lipinski definition) is 1. The molecule has 1 aliphatic heterocycles. The summed E-state index contributed by atoms with van der Waals surface area (Å²) in [5.74, 6) is -0.820. The molecule has 2 fully saturated rings. The number of primary amides is 1. The smallest absolute Gasteiger partial charge is 0.223 e. The maximum absolute atomic E-state index is 15.0. The number of benzene rings is 1. The number of halogens is 2. The molecular weight excluding hydrogens is 298 g/mol. The summed E-state index contributed by atoms with van der Waals surface area (Å²) >= 11 is 0. The summed E-state index contributed by atoms with van der Waals surface area (Å²) in [5, 5.41) is 0. The Morgan fingerprint density at radius 1 is 1.30 bits per heavy atom. The van der Waals surface area contributed by atoms with Crippen LogP contribution in [0.2, 0.25) is 0 Å². The molecule has 0 radical (unpaired) electrons. The third-order valence-electron chi connectivity index (χ3n) is 5.60. The molecule has 2 N–H and O–H groups in total. The Morgan fingerprint density at radius 3 is 2.48 bits per heavy atom. The van der Waals surface area contributed by atoms with E-state index in [0.29, 0.717) is 24.1 Å². The fourth-order valence-electron chi connectivity index (χ4n) is 3.96. The number of hydrogen-bond acceptors (Lipinski definition) is 2. The zero-order valence-corrected chi connectivity index (χ0v) is 13.6. The summed E-state index contributed by atoms with van der Waals surface area (Å²) < 4.78 is 29.4. The van der Waals surface area contributed by atoms with Crippen LogP contribution in [0, 0.1) is 11.2 Å². The van der Waals surface area contributed by atoms with Crippen LogP contribution in [0.5, 0.6) is 0 Å². The van der Waals surface area contributed by atoms with E-state index >= 15 is 4.39 Å². The van der Waals surface area contributed by atoms with Crippen molar-refractivity contribution in [1.29, 1.82) is 0 Å². The fourth-order valence-corrected chi connectivity index (χ4v) is 3.96. The van der Waals surface area contributed by atoms with Crippen molar-refractivity contribution in [2.75, 3.05) is 13.1 Å². The molecule has 0 unspecified atom stereocenters. The number of likely N-dealkylation sites (tertiary alicyclic amines) is 1. The summed E-state index contributed by atoms with van der Waals surface area (Å²) in [5.41, 5.74) is 3.91. The lowest BCUT2D eigenvalue weighted by Gasteiger charge is -2.49. The van der Waals surface area contributed by atoms with Crippen LogP contribution >= 0.6 is 0 Å². The summed E-state index contributed by atoms with van der Waals surface area (Å²) in [6, 6.07) is 4.64. The maximum Gasteiger partial charge on any atom is 0.223 e. The van der Waals surface area contributed by atoms with Crippen molar-refractivity contribution in [3.05, 3.63) is 35.1 Å². The first-order valence-electron chi connectivity index (χ1n) is 8.39. The monoisotopic (exact) mass is 322 g/mol. The Hall–Kier alpha value is -1.49. The highest BCUT2D eigenvalue weighted by molar-refractivity contribution is 5.82. The predicted octanol–water partition coefficient (Wildman–Crippen LogP) is 3.26. The second kappa shape index (κ2) is 5.86. The Labute approximate surface area is 135 Å². The second-order valence-corrected chi connectivity index (χ2v) is 7.11. The van der Waals surface area contributed by atoms with Crippen molar-refractivity contribution in [2.45, 2.75) is 51.2 Å². The molecule has 1 aromatic carbocycles. The maximum atomic E-state index is 15.0. The van der Waals surface area contributed by atoms with Crippen molar-refractivity contribution >= 4 is 5.91 Å². The molecule has 3 rings (SSSR count). The molecule has 126 valence electrons. The van der Waals surface area contributed by atoms with E-state index in [9.17, 15) is 9.18 Å². The predicted molar refractivity (Wildman–Crippen MR) is 84.8 cm³/mol. The first kappa shape index (κ1) is 16.4. The minimum atomic E-state index is -1.64. The number of nitrogens with zero attached hydrogens (tertiary/aromatic N) is 1. The highest BCUT2D eigenvalue weighted by atomic mass is 19.1. The van der Waals surface area contributed by atoms with Gasteiger partial charge in [-0.15, -0.1) is 0 Å². The van der Waals surface area contributed by atoms with Crippen LogP contribution < -0.4 is 5.73 Å². The molecular formula is C18H24F2N2O. The van der Waals surface area contributed by atoms with Gasteiger partial charge in [-0.2, -0.15) is 0 Å². The molecule has 0 aromatic heterocycles. The molecule has 5 heteroatoms. The number of carbonyl (C=O) groups excluding carboxylic acids is 1. The average Bonchev–Trinajstić information content (AvgIpc) is 2.98. The summed E-state index contributed by atoms with van der Waals surface area (Å²) in [7, 11) is 0. The van der Waals surface area contributed by atoms with Crippen molar-refractivity contribution in [3.63, 3.8) is 0 Å². The Bertz CT molecular complexity index is 605. The molecule has 1 heterocycles.